The van der Waals surface area contributed by atoms with Gasteiger partial charge >= 0.3 is 6.18 Å². The molecule has 11 heteroatoms. The monoisotopic (exact) mass is 514 g/mol. The van der Waals surface area contributed by atoms with Crippen LogP contribution >= 0.6 is 23.2 Å². The van der Waals surface area contributed by atoms with E-state index in [1.807, 2.05) is 0 Å². The van der Waals surface area contributed by atoms with E-state index >= 15 is 0 Å². The lowest BCUT2D eigenvalue weighted by Crippen LogP contribution is -2.42. The van der Waals surface area contributed by atoms with Crippen LogP contribution in [0.2, 0.25) is 10.0 Å². The van der Waals surface area contributed by atoms with E-state index in [1.54, 1.807) is 6.92 Å². The van der Waals surface area contributed by atoms with Crippen molar-refractivity contribution in [2.24, 2.45) is 0 Å². The van der Waals surface area contributed by atoms with Gasteiger partial charge in [0, 0.05) is 27.7 Å². The Morgan fingerprint density at radius 2 is 1.79 bits per heavy atom. The highest BCUT2D eigenvalue weighted by atomic mass is 35.5. The van der Waals surface area contributed by atoms with Crippen molar-refractivity contribution in [3.63, 3.8) is 0 Å². The number of hydrogen-bond acceptors (Lipinski definition) is 4. The number of nitrogens with one attached hydrogen (secondary N) is 1. The lowest BCUT2D eigenvalue weighted by molar-refractivity contribution is -0.160. The van der Waals surface area contributed by atoms with Gasteiger partial charge in [0.2, 0.25) is 0 Å². The molecule has 1 atom stereocenters. The van der Waals surface area contributed by atoms with Crippen molar-refractivity contribution in [1.82, 2.24) is 10.4 Å². The summed E-state index contributed by atoms with van der Waals surface area (Å²) in [7, 11) is 0. The quantitative estimate of drug-likeness (QED) is 0.433. The van der Waals surface area contributed by atoms with Crippen molar-refractivity contribution < 1.29 is 32.4 Å². The van der Waals surface area contributed by atoms with Gasteiger partial charge in [-0.3, -0.25) is 19.2 Å². The number of hydroxylamine groups is 2. The summed E-state index contributed by atoms with van der Waals surface area (Å²) in [6.45, 7) is 3.58. The molecule has 1 fully saturated rings. The highest BCUT2D eigenvalue weighted by molar-refractivity contribution is 6.35. The van der Waals surface area contributed by atoms with E-state index in [-0.39, 0.29) is 39.2 Å². The Bertz CT molecular complexity index is 1160. The summed E-state index contributed by atoms with van der Waals surface area (Å²) >= 11 is 11.6. The average Bonchev–Trinajstić information content (AvgIpc) is 3.09. The number of aryl methyl sites for hydroxylation is 1. The second-order valence-electron chi connectivity index (χ2n) is 7.46. The van der Waals surface area contributed by atoms with Crippen molar-refractivity contribution in [1.29, 1.82) is 0 Å². The molecule has 0 saturated carbocycles. The number of carbonyl (C=O) groups excluding carboxylic acids is 3. The van der Waals surface area contributed by atoms with Gasteiger partial charge in [-0.15, -0.1) is 0 Å². The molecule has 1 aliphatic rings. The van der Waals surface area contributed by atoms with Crippen LogP contribution in [0.25, 0.3) is 5.57 Å². The number of nitrogens with zero attached hydrogens (tertiary/aromatic N) is 1. The first-order valence-electron chi connectivity index (χ1n) is 10.1. The molecule has 2 aromatic rings. The molecule has 2 aromatic carbocycles. The van der Waals surface area contributed by atoms with E-state index < -0.39 is 29.5 Å². The molecule has 0 unspecified atom stereocenters. The van der Waals surface area contributed by atoms with Gasteiger partial charge in [-0.1, -0.05) is 29.3 Å². The third-order valence-electron chi connectivity index (χ3n) is 5.04. The zero-order valence-electron chi connectivity index (χ0n) is 18.0. The fraction of sp³-hybridized carbons (Fsp3) is 0.261. The Labute approximate surface area is 203 Å². The van der Waals surface area contributed by atoms with E-state index in [1.165, 1.54) is 31.2 Å². The van der Waals surface area contributed by atoms with Gasteiger partial charge in [0.25, 0.3) is 11.8 Å². The van der Waals surface area contributed by atoms with Crippen LogP contribution in [-0.2, 0) is 9.63 Å². The number of likely N-dealkylation sites (N-methyl/N-ethyl adjacent to an activating group) is 1. The number of halogens is 5. The summed E-state index contributed by atoms with van der Waals surface area (Å²) in [4.78, 5) is 42.5. The van der Waals surface area contributed by atoms with Crippen molar-refractivity contribution in [2.75, 3.05) is 13.2 Å². The molecule has 1 N–H and O–H groups in total. The van der Waals surface area contributed by atoms with Crippen LogP contribution in [0.3, 0.4) is 0 Å². The van der Waals surface area contributed by atoms with Crippen LogP contribution in [0.15, 0.2) is 42.5 Å². The van der Waals surface area contributed by atoms with Crippen molar-refractivity contribution in [3.8, 4) is 0 Å². The second kappa shape index (κ2) is 10.2. The van der Waals surface area contributed by atoms with E-state index in [0.29, 0.717) is 18.2 Å². The molecule has 3 rings (SSSR count). The molecular weight excluding hydrogens is 496 g/mol. The number of rotatable bonds is 6. The minimum Gasteiger partial charge on any atom is -0.338 e. The smallest absolute Gasteiger partial charge is 0.338 e. The highest BCUT2D eigenvalue weighted by Gasteiger charge is 2.36. The molecular formula is C23H19Cl2F3N2O4. The summed E-state index contributed by atoms with van der Waals surface area (Å²) in [5.41, 5.74) is -1.10. The molecule has 1 saturated heterocycles. The molecule has 0 radical (unpaired) electrons. The molecule has 1 aliphatic heterocycles. The minimum absolute atomic E-state index is 0.00738. The van der Waals surface area contributed by atoms with E-state index in [4.69, 9.17) is 28.0 Å². The summed E-state index contributed by atoms with van der Waals surface area (Å²) in [6.07, 6.45) is -4.38. The van der Waals surface area contributed by atoms with Crippen LogP contribution in [0.4, 0.5) is 13.2 Å². The lowest BCUT2D eigenvalue weighted by Gasteiger charge is -2.14. The van der Waals surface area contributed by atoms with E-state index in [9.17, 15) is 27.6 Å². The Balaban J connectivity index is 1.85. The number of allylic oxidation sites excluding steroid dienone is 2. The molecule has 0 aliphatic carbocycles. The highest BCUT2D eigenvalue weighted by Crippen LogP contribution is 2.36. The van der Waals surface area contributed by atoms with E-state index in [0.717, 1.165) is 17.2 Å². The number of hydrogen-bond donors (Lipinski definition) is 1. The van der Waals surface area contributed by atoms with Crippen molar-refractivity contribution in [3.05, 3.63) is 74.8 Å². The van der Waals surface area contributed by atoms with Gasteiger partial charge in [0.1, 0.15) is 12.6 Å². The van der Waals surface area contributed by atoms with Crippen LogP contribution in [0.5, 0.6) is 0 Å². The summed E-state index contributed by atoms with van der Waals surface area (Å²) < 4.78 is 41.0. The first-order valence-corrected chi connectivity index (χ1v) is 10.8. The molecule has 0 spiro atoms. The SMILES string of the molecule is CCN1OC[C@@H](NC(=O)c2ccc(C(=O)/C=C(/c3cc(Cl)cc(Cl)c3)C(F)(F)F)cc2C)C1=O. The molecule has 180 valence electrons. The number of amides is 2. The normalized spacial score (nSPS) is 16.7. The molecule has 2 amide bonds. The minimum atomic E-state index is -4.85. The largest absolute Gasteiger partial charge is 0.417 e. The maximum Gasteiger partial charge on any atom is 0.417 e. The third kappa shape index (κ3) is 5.78. The summed E-state index contributed by atoms with van der Waals surface area (Å²) in [5.74, 6) is -1.88. The topological polar surface area (TPSA) is 75.7 Å². The number of benzene rings is 2. The molecule has 0 bridgehead atoms. The van der Waals surface area contributed by atoms with Crippen molar-refractivity contribution in [2.45, 2.75) is 26.1 Å². The average molecular weight is 515 g/mol. The molecule has 34 heavy (non-hydrogen) atoms. The Morgan fingerprint density at radius 3 is 2.32 bits per heavy atom. The van der Waals surface area contributed by atoms with Gasteiger partial charge in [-0.25, -0.2) is 5.06 Å². The zero-order valence-corrected chi connectivity index (χ0v) is 19.5. The van der Waals surface area contributed by atoms with Gasteiger partial charge in [0.15, 0.2) is 5.78 Å². The fourth-order valence-electron chi connectivity index (χ4n) is 3.38. The van der Waals surface area contributed by atoms with E-state index in [2.05, 4.69) is 5.32 Å². The fourth-order valence-corrected chi connectivity index (χ4v) is 3.91. The van der Waals surface area contributed by atoms with Crippen molar-refractivity contribution >= 4 is 46.4 Å². The second-order valence-corrected chi connectivity index (χ2v) is 8.34. The van der Waals surface area contributed by atoms with Gasteiger partial charge in [0.05, 0.1) is 5.57 Å². The summed E-state index contributed by atoms with van der Waals surface area (Å²) in [5, 5.41) is 3.67. The molecule has 6 nitrogen and oxygen atoms in total. The van der Waals surface area contributed by atoms with Crippen LogP contribution in [-0.4, -0.2) is 48.0 Å². The predicted octanol–water partition coefficient (Wildman–Crippen LogP) is 5.02. The zero-order chi connectivity index (χ0) is 25.2. The first-order chi connectivity index (χ1) is 15.9. The Kier molecular flexibility index (Phi) is 7.70. The van der Waals surface area contributed by atoms with Crippen LogP contribution in [0.1, 0.15) is 38.8 Å². The lowest BCUT2D eigenvalue weighted by atomic mass is 9.98. The maximum absolute atomic E-state index is 13.7. The van der Waals surface area contributed by atoms with Gasteiger partial charge < -0.3 is 5.32 Å². The number of carbonyl (C=O) groups is 3. The maximum atomic E-state index is 13.7. The number of ketones is 1. The first kappa shape index (κ1) is 25.7. The number of alkyl halides is 3. The van der Waals surface area contributed by atoms with Crippen LogP contribution < -0.4 is 5.32 Å². The third-order valence-corrected chi connectivity index (χ3v) is 5.48. The Hall–Kier alpha value is -2.88. The van der Waals surface area contributed by atoms with Gasteiger partial charge in [-0.2, -0.15) is 13.2 Å². The summed E-state index contributed by atoms with van der Waals surface area (Å²) in [6, 6.07) is 6.41. The molecule has 1 heterocycles. The van der Waals surface area contributed by atoms with Crippen LogP contribution in [0, 0.1) is 6.92 Å². The standard InChI is InChI=1S/C23H19Cl2F3N2O4/c1-3-30-22(33)19(11-34-30)29-21(32)17-5-4-13(6-12(17)2)20(31)10-18(23(26,27)28)14-7-15(24)9-16(25)8-14/h4-10,19H,3,11H2,1-2H3,(H,29,32)/b18-10-/t19-/m1/s1. The van der Waals surface area contributed by atoms with Gasteiger partial charge in [-0.05, 0) is 61.4 Å². The molecule has 0 aromatic heterocycles. The predicted molar refractivity (Wildman–Crippen MR) is 121 cm³/mol. The Morgan fingerprint density at radius 1 is 1.15 bits per heavy atom.